The Morgan fingerprint density at radius 1 is 1.32 bits per heavy atom. The molecule has 8 heteroatoms. The summed E-state index contributed by atoms with van der Waals surface area (Å²) in [5.41, 5.74) is 0.414. The van der Waals surface area contributed by atoms with Gasteiger partial charge in [-0.25, -0.2) is 9.97 Å². The summed E-state index contributed by atoms with van der Waals surface area (Å²) in [6, 6.07) is 0.928. The first kappa shape index (κ1) is 16.3. The van der Waals surface area contributed by atoms with E-state index in [9.17, 15) is 13.2 Å². The molecule has 0 aliphatic heterocycles. The third kappa shape index (κ3) is 3.55. The van der Waals surface area contributed by atoms with Gasteiger partial charge in [0.1, 0.15) is 0 Å². The number of alkyl halides is 3. The third-order valence-electron chi connectivity index (χ3n) is 3.29. The van der Waals surface area contributed by atoms with Crippen LogP contribution in [0.3, 0.4) is 0 Å². The molecule has 5 nitrogen and oxygen atoms in total. The Hall–Kier alpha value is -2.12. The van der Waals surface area contributed by atoms with Gasteiger partial charge in [-0.1, -0.05) is 6.92 Å². The molecule has 0 bridgehead atoms. The molecule has 0 aromatic carbocycles. The summed E-state index contributed by atoms with van der Waals surface area (Å²) in [6.07, 6.45) is -2.13. The van der Waals surface area contributed by atoms with Crippen molar-refractivity contribution in [2.45, 2.75) is 39.4 Å². The van der Waals surface area contributed by atoms with Crippen LogP contribution in [0.4, 0.5) is 19.1 Å². The molecule has 0 aliphatic rings. The zero-order chi connectivity index (χ0) is 16.5. The van der Waals surface area contributed by atoms with Gasteiger partial charge in [0.15, 0.2) is 5.69 Å². The molecular weight excluding hydrogens is 295 g/mol. The third-order valence-corrected chi connectivity index (χ3v) is 3.29. The van der Waals surface area contributed by atoms with E-state index < -0.39 is 11.9 Å². The molecule has 1 N–H and O–H groups in total. The van der Waals surface area contributed by atoms with Crippen molar-refractivity contribution in [2.24, 2.45) is 7.05 Å². The van der Waals surface area contributed by atoms with E-state index in [1.54, 1.807) is 24.9 Å². The minimum atomic E-state index is -4.53. The quantitative estimate of drug-likeness (QED) is 0.940. The molecule has 2 heterocycles. The van der Waals surface area contributed by atoms with Crippen LogP contribution in [-0.4, -0.2) is 25.8 Å². The number of hydrogen-bond donors (Lipinski definition) is 1. The van der Waals surface area contributed by atoms with Gasteiger partial charge in [0.2, 0.25) is 5.95 Å². The second kappa shape index (κ2) is 5.94. The van der Waals surface area contributed by atoms with E-state index in [2.05, 4.69) is 20.4 Å². The predicted molar refractivity (Wildman–Crippen MR) is 77.3 cm³/mol. The smallest absolute Gasteiger partial charge is 0.352 e. The van der Waals surface area contributed by atoms with Crippen molar-refractivity contribution < 1.29 is 13.2 Å². The van der Waals surface area contributed by atoms with Crippen LogP contribution in [0.25, 0.3) is 11.3 Å². The van der Waals surface area contributed by atoms with E-state index in [0.717, 1.165) is 12.5 Å². The summed E-state index contributed by atoms with van der Waals surface area (Å²) >= 11 is 0. The van der Waals surface area contributed by atoms with Gasteiger partial charge < -0.3 is 5.32 Å². The number of aromatic nitrogens is 4. The highest BCUT2D eigenvalue weighted by molar-refractivity contribution is 5.62. The van der Waals surface area contributed by atoms with Crippen LogP contribution >= 0.6 is 0 Å². The van der Waals surface area contributed by atoms with E-state index in [4.69, 9.17) is 0 Å². The summed E-state index contributed by atoms with van der Waals surface area (Å²) in [4.78, 5) is 7.78. The van der Waals surface area contributed by atoms with Gasteiger partial charge >= 0.3 is 6.18 Å². The highest BCUT2D eigenvalue weighted by atomic mass is 19.4. The van der Waals surface area contributed by atoms with Crippen molar-refractivity contribution >= 4 is 5.95 Å². The maximum absolute atomic E-state index is 13.0. The molecule has 0 fully saturated rings. The first-order valence-corrected chi connectivity index (χ1v) is 6.94. The maximum atomic E-state index is 13.0. The molecule has 0 radical (unpaired) electrons. The molecule has 0 aliphatic carbocycles. The molecule has 2 aromatic rings. The Labute approximate surface area is 126 Å². The van der Waals surface area contributed by atoms with Crippen LogP contribution < -0.4 is 5.32 Å². The topological polar surface area (TPSA) is 55.6 Å². The van der Waals surface area contributed by atoms with Crippen molar-refractivity contribution in [3.8, 4) is 11.3 Å². The molecule has 2 rings (SSSR count). The number of hydrogen-bond acceptors (Lipinski definition) is 4. The number of anilines is 1. The normalized spacial score (nSPS) is 13.2. The predicted octanol–water partition coefficient (Wildman–Crippen LogP) is 3.41. The Balaban J connectivity index is 2.53. The maximum Gasteiger partial charge on any atom is 0.433 e. The number of nitrogens with zero attached hydrogens (tertiary/aromatic N) is 4. The molecule has 0 saturated heterocycles. The SMILES string of the molecule is CC[C@@H](C)Nc1nc(-c2cn(C)nc2C)cc(C(F)(F)F)n1. The fraction of sp³-hybridized carbons (Fsp3) is 0.500. The molecule has 120 valence electrons. The minimum Gasteiger partial charge on any atom is -0.352 e. The minimum absolute atomic E-state index is 0.0219. The zero-order valence-corrected chi connectivity index (χ0v) is 12.9. The second-order valence-electron chi connectivity index (χ2n) is 5.22. The van der Waals surface area contributed by atoms with Gasteiger partial charge in [-0.15, -0.1) is 0 Å². The number of rotatable bonds is 4. The Bertz CT molecular complexity index is 663. The number of nitrogens with one attached hydrogen (secondary N) is 1. The number of halogens is 3. The van der Waals surface area contributed by atoms with E-state index in [1.165, 1.54) is 0 Å². The van der Waals surface area contributed by atoms with Gasteiger partial charge in [-0.3, -0.25) is 4.68 Å². The van der Waals surface area contributed by atoms with Crippen LogP contribution in [0.1, 0.15) is 31.7 Å². The summed E-state index contributed by atoms with van der Waals surface area (Å²) in [7, 11) is 1.71. The van der Waals surface area contributed by atoms with Crippen molar-refractivity contribution in [2.75, 3.05) is 5.32 Å². The summed E-state index contributed by atoms with van der Waals surface area (Å²) < 4.78 is 40.7. The largest absolute Gasteiger partial charge is 0.433 e. The second-order valence-corrected chi connectivity index (χ2v) is 5.22. The van der Waals surface area contributed by atoms with Gasteiger partial charge in [-0.05, 0) is 26.3 Å². The van der Waals surface area contributed by atoms with Crippen molar-refractivity contribution in [3.05, 3.63) is 23.7 Å². The lowest BCUT2D eigenvalue weighted by Crippen LogP contribution is -2.18. The van der Waals surface area contributed by atoms with E-state index >= 15 is 0 Å². The highest BCUT2D eigenvalue weighted by Gasteiger charge is 2.34. The molecule has 2 aromatic heterocycles. The lowest BCUT2D eigenvalue weighted by Gasteiger charge is -2.14. The van der Waals surface area contributed by atoms with E-state index in [1.807, 2.05) is 13.8 Å². The van der Waals surface area contributed by atoms with Crippen LogP contribution in [0.15, 0.2) is 12.3 Å². The highest BCUT2D eigenvalue weighted by Crippen LogP contribution is 2.31. The molecule has 0 saturated carbocycles. The monoisotopic (exact) mass is 313 g/mol. The van der Waals surface area contributed by atoms with Crippen molar-refractivity contribution in [1.82, 2.24) is 19.7 Å². The Kier molecular flexibility index (Phi) is 4.39. The Morgan fingerprint density at radius 2 is 2.00 bits per heavy atom. The van der Waals surface area contributed by atoms with E-state index in [0.29, 0.717) is 11.3 Å². The van der Waals surface area contributed by atoms with Gasteiger partial charge in [0.25, 0.3) is 0 Å². The summed E-state index contributed by atoms with van der Waals surface area (Å²) in [6.45, 7) is 5.52. The molecule has 0 unspecified atom stereocenters. The van der Waals surface area contributed by atoms with Gasteiger partial charge in [0, 0.05) is 24.8 Å². The summed E-state index contributed by atoms with van der Waals surface area (Å²) in [5, 5.41) is 7.03. The first-order valence-electron chi connectivity index (χ1n) is 6.94. The molecule has 0 spiro atoms. The molecular formula is C14H18F3N5. The van der Waals surface area contributed by atoms with Crippen LogP contribution in [0.2, 0.25) is 0 Å². The van der Waals surface area contributed by atoms with Crippen LogP contribution in [-0.2, 0) is 13.2 Å². The van der Waals surface area contributed by atoms with Crippen molar-refractivity contribution in [1.29, 1.82) is 0 Å². The average molecular weight is 313 g/mol. The van der Waals surface area contributed by atoms with E-state index in [-0.39, 0.29) is 17.7 Å². The lowest BCUT2D eigenvalue weighted by molar-refractivity contribution is -0.141. The zero-order valence-electron chi connectivity index (χ0n) is 12.9. The average Bonchev–Trinajstić information content (AvgIpc) is 2.76. The molecule has 22 heavy (non-hydrogen) atoms. The molecule has 0 amide bonds. The molecule has 1 atom stereocenters. The lowest BCUT2D eigenvalue weighted by atomic mass is 10.1. The number of aryl methyl sites for hydroxylation is 2. The van der Waals surface area contributed by atoms with Crippen molar-refractivity contribution in [3.63, 3.8) is 0 Å². The standard InChI is InChI=1S/C14H18F3N5/c1-5-8(2)18-13-19-11(6-12(20-13)14(15,16)17)10-7-22(4)21-9(10)3/h6-8H,5H2,1-4H3,(H,18,19,20)/t8-/m1/s1. The van der Waals surface area contributed by atoms with Gasteiger partial charge in [0.05, 0.1) is 11.4 Å². The van der Waals surface area contributed by atoms with Crippen LogP contribution in [0, 0.1) is 6.92 Å². The fourth-order valence-electron chi connectivity index (χ4n) is 1.97. The Morgan fingerprint density at radius 3 is 2.50 bits per heavy atom. The first-order chi connectivity index (χ1) is 10.2. The summed E-state index contributed by atoms with van der Waals surface area (Å²) in [5.74, 6) is -0.0255. The van der Waals surface area contributed by atoms with Gasteiger partial charge in [-0.2, -0.15) is 18.3 Å². The van der Waals surface area contributed by atoms with Crippen LogP contribution in [0.5, 0.6) is 0 Å². The fourth-order valence-corrected chi connectivity index (χ4v) is 1.97.